The number of tetrazole rings is 1. The van der Waals surface area contributed by atoms with Crippen molar-refractivity contribution in [2.45, 2.75) is 26.2 Å². The quantitative estimate of drug-likeness (QED) is 0.862. The van der Waals surface area contributed by atoms with Gasteiger partial charge in [-0.15, -0.1) is 10.2 Å². The molecule has 1 aromatic carbocycles. The van der Waals surface area contributed by atoms with Gasteiger partial charge < -0.3 is 5.32 Å². The number of H-pyrrole nitrogens is 1. The first kappa shape index (κ1) is 12.2. The van der Waals surface area contributed by atoms with Crippen molar-refractivity contribution in [3.8, 4) is 0 Å². The van der Waals surface area contributed by atoms with E-state index in [0.29, 0.717) is 5.92 Å². The Bertz CT molecular complexity index is 506. The summed E-state index contributed by atoms with van der Waals surface area (Å²) in [7, 11) is 0. The SMILES string of the molecule is CCC(C)c1ccc(NC(=O)c2nn[nH]n2)cc1. The predicted octanol–water partition coefficient (Wildman–Crippen LogP) is 1.97. The molecule has 1 heterocycles. The fourth-order valence-corrected chi connectivity index (χ4v) is 1.58. The zero-order valence-electron chi connectivity index (χ0n) is 10.3. The lowest BCUT2D eigenvalue weighted by molar-refractivity contribution is 0.101. The van der Waals surface area contributed by atoms with Crippen molar-refractivity contribution in [3.63, 3.8) is 0 Å². The third-order valence-corrected chi connectivity index (χ3v) is 2.90. The van der Waals surface area contributed by atoms with Gasteiger partial charge in [-0.1, -0.05) is 26.0 Å². The van der Waals surface area contributed by atoms with E-state index in [9.17, 15) is 4.79 Å². The lowest BCUT2D eigenvalue weighted by Crippen LogP contribution is -2.13. The number of aromatic amines is 1. The van der Waals surface area contributed by atoms with Crippen LogP contribution in [0.3, 0.4) is 0 Å². The first-order valence-corrected chi connectivity index (χ1v) is 5.85. The van der Waals surface area contributed by atoms with Crippen LogP contribution in [0, 0.1) is 0 Å². The summed E-state index contributed by atoms with van der Waals surface area (Å²) >= 11 is 0. The summed E-state index contributed by atoms with van der Waals surface area (Å²) < 4.78 is 0. The minimum Gasteiger partial charge on any atom is -0.319 e. The maximum atomic E-state index is 11.7. The number of rotatable bonds is 4. The van der Waals surface area contributed by atoms with Crippen LogP contribution in [0.4, 0.5) is 5.69 Å². The molecule has 0 bridgehead atoms. The second-order valence-electron chi connectivity index (χ2n) is 4.12. The van der Waals surface area contributed by atoms with Gasteiger partial charge in [-0.2, -0.15) is 5.21 Å². The van der Waals surface area contributed by atoms with Gasteiger partial charge in [-0.25, -0.2) is 0 Å². The van der Waals surface area contributed by atoms with Gasteiger partial charge in [0.25, 0.3) is 11.7 Å². The molecule has 0 aliphatic carbocycles. The van der Waals surface area contributed by atoms with E-state index < -0.39 is 0 Å². The highest BCUT2D eigenvalue weighted by Gasteiger charge is 2.10. The fourth-order valence-electron chi connectivity index (χ4n) is 1.58. The molecular formula is C12H15N5O. The Labute approximate surface area is 105 Å². The number of carbonyl (C=O) groups is 1. The molecule has 94 valence electrons. The van der Waals surface area contributed by atoms with Gasteiger partial charge in [-0.3, -0.25) is 4.79 Å². The van der Waals surface area contributed by atoms with Crippen molar-refractivity contribution in [1.29, 1.82) is 0 Å². The molecule has 6 heteroatoms. The minimum absolute atomic E-state index is 0.0287. The average molecular weight is 245 g/mol. The van der Waals surface area contributed by atoms with E-state index in [2.05, 4.69) is 39.8 Å². The van der Waals surface area contributed by atoms with E-state index >= 15 is 0 Å². The minimum atomic E-state index is -0.375. The molecular weight excluding hydrogens is 230 g/mol. The smallest absolute Gasteiger partial charge is 0.297 e. The van der Waals surface area contributed by atoms with Gasteiger partial charge >= 0.3 is 0 Å². The molecule has 6 nitrogen and oxygen atoms in total. The maximum absolute atomic E-state index is 11.7. The van der Waals surface area contributed by atoms with E-state index in [4.69, 9.17) is 0 Å². The Morgan fingerprint density at radius 2 is 2.11 bits per heavy atom. The van der Waals surface area contributed by atoms with Gasteiger partial charge in [-0.05, 0) is 35.2 Å². The van der Waals surface area contributed by atoms with Crippen LogP contribution < -0.4 is 5.32 Å². The van der Waals surface area contributed by atoms with Crippen LogP contribution in [0.2, 0.25) is 0 Å². The summed E-state index contributed by atoms with van der Waals surface area (Å²) in [5.41, 5.74) is 1.98. The van der Waals surface area contributed by atoms with Crippen molar-refractivity contribution in [1.82, 2.24) is 20.6 Å². The van der Waals surface area contributed by atoms with Gasteiger partial charge in [0.05, 0.1) is 0 Å². The van der Waals surface area contributed by atoms with E-state index in [1.54, 1.807) is 0 Å². The number of benzene rings is 1. The number of hydrogen-bond acceptors (Lipinski definition) is 4. The molecule has 0 radical (unpaired) electrons. The first-order chi connectivity index (χ1) is 8.70. The monoisotopic (exact) mass is 245 g/mol. The summed E-state index contributed by atoms with van der Waals surface area (Å²) in [5, 5.41) is 15.5. The van der Waals surface area contributed by atoms with Crippen LogP contribution in [0.15, 0.2) is 24.3 Å². The summed E-state index contributed by atoms with van der Waals surface area (Å²) in [6.07, 6.45) is 1.09. The number of amides is 1. The van der Waals surface area contributed by atoms with Crippen LogP contribution in [0.25, 0.3) is 0 Å². The largest absolute Gasteiger partial charge is 0.319 e. The van der Waals surface area contributed by atoms with E-state index in [0.717, 1.165) is 12.1 Å². The molecule has 1 amide bonds. The van der Waals surface area contributed by atoms with E-state index in [1.807, 2.05) is 24.3 Å². The highest BCUT2D eigenvalue weighted by atomic mass is 16.2. The zero-order valence-corrected chi connectivity index (χ0v) is 10.3. The Kier molecular flexibility index (Phi) is 3.66. The highest BCUT2D eigenvalue weighted by molar-refractivity contribution is 6.01. The standard InChI is InChI=1S/C12H15N5O/c1-3-8(2)9-4-6-10(7-5-9)13-12(18)11-14-16-17-15-11/h4-8H,3H2,1-2H3,(H,13,18)(H,14,15,16,17). The van der Waals surface area contributed by atoms with Crippen LogP contribution in [-0.2, 0) is 0 Å². The van der Waals surface area contributed by atoms with Gasteiger partial charge in [0.1, 0.15) is 0 Å². The first-order valence-electron chi connectivity index (χ1n) is 5.85. The Morgan fingerprint density at radius 3 is 2.67 bits per heavy atom. The van der Waals surface area contributed by atoms with E-state index in [-0.39, 0.29) is 11.7 Å². The summed E-state index contributed by atoms with van der Waals surface area (Å²) in [4.78, 5) is 11.7. The summed E-state index contributed by atoms with van der Waals surface area (Å²) in [6, 6.07) is 7.78. The molecule has 18 heavy (non-hydrogen) atoms. The molecule has 1 unspecified atom stereocenters. The second-order valence-corrected chi connectivity index (χ2v) is 4.12. The maximum Gasteiger partial charge on any atom is 0.297 e. The Morgan fingerprint density at radius 1 is 1.39 bits per heavy atom. The van der Waals surface area contributed by atoms with Gasteiger partial charge in [0.15, 0.2) is 0 Å². The normalized spacial score (nSPS) is 12.1. The number of anilines is 1. The lowest BCUT2D eigenvalue weighted by atomic mass is 9.99. The molecule has 0 fully saturated rings. The zero-order chi connectivity index (χ0) is 13.0. The molecule has 1 aromatic heterocycles. The molecule has 2 rings (SSSR count). The predicted molar refractivity (Wildman–Crippen MR) is 67.3 cm³/mol. The summed E-state index contributed by atoms with van der Waals surface area (Å²) in [6.45, 7) is 4.32. The van der Waals surface area contributed by atoms with Crippen LogP contribution in [0.5, 0.6) is 0 Å². The molecule has 0 spiro atoms. The number of aromatic nitrogens is 4. The molecule has 1 atom stereocenters. The second kappa shape index (κ2) is 5.39. The van der Waals surface area contributed by atoms with Crippen LogP contribution in [-0.4, -0.2) is 26.5 Å². The van der Waals surface area contributed by atoms with Gasteiger partial charge in [0, 0.05) is 5.69 Å². The highest BCUT2D eigenvalue weighted by Crippen LogP contribution is 2.20. The van der Waals surface area contributed by atoms with Crippen molar-refractivity contribution in [3.05, 3.63) is 35.7 Å². The van der Waals surface area contributed by atoms with Crippen molar-refractivity contribution in [2.75, 3.05) is 5.32 Å². The molecule has 0 saturated heterocycles. The number of nitrogens with zero attached hydrogens (tertiary/aromatic N) is 3. The molecule has 0 aliphatic heterocycles. The Balaban J connectivity index is 2.04. The van der Waals surface area contributed by atoms with Crippen LogP contribution >= 0.6 is 0 Å². The van der Waals surface area contributed by atoms with Crippen molar-refractivity contribution in [2.24, 2.45) is 0 Å². The van der Waals surface area contributed by atoms with Crippen LogP contribution in [0.1, 0.15) is 42.4 Å². The van der Waals surface area contributed by atoms with Crippen molar-refractivity contribution >= 4 is 11.6 Å². The number of carbonyl (C=O) groups excluding carboxylic acids is 1. The lowest BCUT2D eigenvalue weighted by Gasteiger charge is -2.09. The molecule has 0 saturated carbocycles. The molecule has 2 aromatic rings. The molecule has 0 aliphatic rings. The number of hydrogen-bond donors (Lipinski definition) is 2. The fraction of sp³-hybridized carbons (Fsp3) is 0.333. The topological polar surface area (TPSA) is 83.6 Å². The third kappa shape index (κ3) is 2.71. The summed E-state index contributed by atoms with van der Waals surface area (Å²) in [5.74, 6) is 0.174. The van der Waals surface area contributed by atoms with E-state index in [1.165, 1.54) is 5.56 Å². The van der Waals surface area contributed by atoms with Crippen molar-refractivity contribution < 1.29 is 4.79 Å². The molecule has 2 N–H and O–H groups in total. The third-order valence-electron chi connectivity index (χ3n) is 2.90. The van der Waals surface area contributed by atoms with Gasteiger partial charge in [0.2, 0.25) is 0 Å². The number of nitrogens with one attached hydrogen (secondary N) is 2. The average Bonchev–Trinajstić information content (AvgIpc) is 2.92. The Hall–Kier alpha value is -2.24.